The van der Waals surface area contributed by atoms with Crippen LogP contribution < -0.4 is 73.5 Å². The van der Waals surface area contributed by atoms with Crippen molar-refractivity contribution in [2.45, 2.75) is 163 Å². The molecule has 21 N–H and O–H groups in total. The Morgan fingerprint density at radius 3 is 1.98 bits per heavy atom. The summed E-state index contributed by atoms with van der Waals surface area (Å²) in [6.07, 6.45) is -15.4. The molecular formula is C81H87Cl3N12O26. The van der Waals surface area contributed by atoms with Crippen LogP contribution in [0.4, 0.5) is 5.82 Å². The number of carbonyl (C=O) groups is 9. The van der Waals surface area contributed by atoms with Crippen LogP contribution in [0.2, 0.25) is 15.1 Å². The minimum Gasteiger partial charge on any atom is -0.508 e. The summed E-state index contributed by atoms with van der Waals surface area (Å²) in [6.45, 7) is 5.59. The van der Waals surface area contributed by atoms with Crippen molar-refractivity contribution in [3.05, 3.63) is 180 Å². The van der Waals surface area contributed by atoms with E-state index in [9.17, 15) is 84.6 Å². The number of aromatic nitrogens is 2. The SMILES string of the molecule is CN[C@@H](CC(C)C)C(=O)N[C@H]1C(=O)N[C@@H](CC(N)=O)C(=O)NC2C(=O)N[C@@H]3C(=O)N[C@@H](C(=O)N[C@@H](C(=O)O)c4cc(O)cc(O)c4-c4cc3ccc4O)[C@H](O)c3ccc(c(Cl)c3)Oc3cc2cc(c3OC2O[C@@H](CO)[C@@H](O)[C@@H](O)[C@H]2O[C@H]2CC(C)(NCCn3ccc(NC(=O)C=Cc4ccc(Cl)cc4)nc3=O)[C@@H](O)[C@@H](C)O2)Oc2ccc(cc2Cl)[C@H]1O. The normalized spacial score (nSPS) is 26.4. The molecule has 38 nitrogen and oxygen atoms in total. The molecule has 7 aliphatic rings. The molecule has 648 valence electrons. The van der Waals surface area contributed by atoms with E-state index in [1.165, 1.54) is 55.1 Å². The number of fused-ring (bicyclic) bond motifs is 15. The number of ether oxygens (including phenoxy) is 6. The number of anilines is 1. The number of aliphatic hydroxyl groups is 6. The first-order chi connectivity index (χ1) is 57.9. The lowest BCUT2D eigenvalue weighted by Gasteiger charge is -2.48. The van der Waals surface area contributed by atoms with Crippen molar-refractivity contribution < 1.29 is 123 Å². The largest absolute Gasteiger partial charge is 0.508 e. The Balaban J connectivity index is 0.992. The van der Waals surface area contributed by atoms with Gasteiger partial charge in [-0.05, 0) is 140 Å². The number of carboxylic acids is 1. The number of aliphatic carboxylic acids is 1. The first-order valence-corrected chi connectivity index (χ1v) is 39.3. The molecule has 18 atom stereocenters. The lowest BCUT2D eigenvalue weighted by atomic mass is 9.85. The van der Waals surface area contributed by atoms with Crippen LogP contribution >= 0.6 is 34.8 Å². The van der Waals surface area contributed by atoms with Gasteiger partial charge >= 0.3 is 11.7 Å². The first kappa shape index (κ1) is 89.7. The number of amides is 8. The number of aromatic hydroxyl groups is 3. The van der Waals surface area contributed by atoms with E-state index in [0.717, 1.165) is 66.7 Å². The van der Waals surface area contributed by atoms with E-state index in [0.29, 0.717) is 10.6 Å². The van der Waals surface area contributed by atoms with Crippen molar-refractivity contribution in [1.29, 1.82) is 0 Å². The summed E-state index contributed by atoms with van der Waals surface area (Å²) in [5, 5.41) is 139. The van der Waals surface area contributed by atoms with Gasteiger partial charge in [-0.3, -0.25) is 42.9 Å². The highest BCUT2D eigenvalue weighted by atomic mass is 35.5. The number of hydrogen-bond acceptors (Lipinski definition) is 28. The zero-order chi connectivity index (χ0) is 88.2. The maximum absolute atomic E-state index is 16.2. The molecule has 1 aromatic heterocycles. The van der Waals surface area contributed by atoms with Gasteiger partial charge in [0.2, 0.25) is 59.3 Å². The monoisotopic (exact) mass is 1750 g/mol. The molecule has 8 amide bonds. The number of carboxylic acid groups (broad SMARTS) is 1. The summed E-state index contributed by atoms with van der Waals surface area (Å²) >= 11 is 20.3. The third-order valence-electron chi connectivity index (χ3n) is 21.0. The number of halogens is 3. The number of aliphatic hydroxyl groups excluding tert-OH is 6. The van der Waals surface area contributed by atoms with Gasteiger partial charge in [-0.1, -0.05) is 79.0 Å². The van der Waals surface area contributed by atoms with Crippen molar-refractivity contribution >= 4 is 99.9 Å². The van der Waals surface area contributed by atoms with Gasteiger partial charge < -0.3 is 133 Å². The Hall–Kier alpha value is -11.6. The van der Waals surface area contributed by atoms with Gasteiger partial charge in [0.15, 0.2) is 29.9 Å². The second-order valence-corrected chi connectivity index (χ2v) is 31.5. The van der Waals surface area contributed by atoms with Crippen molar-refractivity contribution in [2.75, 3.05) is 25.5 Å². The highest BCUT2D eigenvalue weighted by Crippen LogP contribution is 2.50. The maximum atomic E-state index is 16.2. The Morgan fingerprint density at radius 1 is 0.721 bits per heavy atom. The van der Waals surface area contributed by atoms with Crippen molar-refractivity contribution in [3.8, 4) is 57.1 Å². The van der Waals surface area contributed by atoms with Gasteiger partial charge in [-0.2, -0.15) is 4.98 Å². The second kappa shape index (κ2) is 37.8. The number of nitrogens with zero attached hydrogens (tertiary/aromatic N) is 2. The summed E-state index contributed by atoms with van der Waals surface area (Å²) in [5.41, 5.74) is 1.29. The Kier molecular flexibility index (Phi) is 27.8. The fourth-order valence-electron chi connectivity index (χ4n) is 14.7. The third-order valence-corrected chi connectivity index (χ3v) is 21.9. The van der Waals surface area contributed by atoms with Gasteiger partial charge in [0.25, 0.3) is 0 Å². The van der Waals surface area contributed by atoms with Crippen LogP contribution in [-0.2, 0) is 63.9 Å². The van der Waals surface area contributed by atoms with Crippen LogP contribution in [-0.4, -0.2) is 213 Å². The Labute approximate surface area is 708 Å². The standard InChI is InChI=1S/C81H87Cl3N12O26/c1-33(2)22-46(86-5)72(108)94-63-65(103)37-10-15-50(44(83)24-37)118-52-26-39-27-53(69(52)122-79-70(68(106)67(105)54(32-97)120-79)121-58-31-81(4,71(107)34(3)117-58)87-19-21-96-20-18-56(90-80(96)116)89-57(102)17-8-35-6-12-40(82)13-7-35)119-51-16-11-38(25-45(51)84)66(104)64-77(113)93-62(78(114)115)43-28-41(98)29-49(100)59(43)42-23-36(9-14-48(42)99)60(74(110)95-64)92-75(111)61(39)91-73(109)47(30-55(85)101)88-76(63)112/h6-18,20,23-29,33-34,46-47,54,58,60-68,70-71,79,86-87,97-100,103-107H,19,21-22,30-32H2,1-5H3,(H2,85,101)(H,88,112)(H,91,109)(H,92,111)(H,93,113)(H,94,108)(H,95,110)(H,114,115)(H,89,90,102,116)/t34-,46+,47+,54+,58+,60+,61?,62-,63-,64-,65-,66-,67-,68-,70-,71+,79?,81?/m1/s1. The molecule has 122 heavy (non-hydrogen) atoms. The smallest absolute Gasteiger partial charge is 0.349 e. The molecule has 0 spiro atoms. The molecule has 6 aromatic carbocycles. The van der Waals surface area contributed by atoms with Gasteiger partial charge in [0.1, 0.15) is 95.3 Å². The molecule has 8 heterocycles. The number of phenolic OH excluding ortho intramolecular Hbond substituents is 3. The lowest BCUT2D eigenvalue weighted by Crippen LogP contribution is -2.65. The Morgan fingerprint density at radius 2 is 1.36 bits per heavy atom. The summed E-state index contributed by atoms with van der Waals surface area (Å²) in [5.74, 6) is -17.1. The highest BCUT2D eigenvalue weighted by Gasteiger charge is 2.52. The summed E-state index contributed by atoms with van der Waals surface area (Å²) in [6, 6.07) is 6.98. The lowest BCUT2D eigenvalue weighted by molar-refractivity contribution is -0.334. The summed E-state index contributed by atoms with van der Waals surface area (Å²) < 4.78 is 40.5. The number of nitrogens with one attached hydrogen (secondary N) is 9. The minimum atomic E-state index is -2.40. The zero-order valence-electron chi connectivity index (χ0n) is 65.4. The predicted octanol–water partition coefficient (Wildman–Crippen LogP) is 2.30. The molecule has 7 aliphatic heterocycles. The first-order valence-electron chi connectivity index (χ1n) is 38.1. The fourth-order valence-corrected chi connectivity index (χ4v) is 15.3. The van der Waals surface area contributed by atoms with Crippen molar-refractivity contribution in [3.63, 3.8) is 0 Å². The van der Waals surface area contributed by atoms with Crippen LogP contribution in [0.1, 0.15) is 111 Å². The number of rotatable bonds is 20. The second-order valence-electron chi connectivity index (χ2n) is 30.2. The number of primary amides is 1. The third kappa shape index (κ3) is 20.1. The zero-order valence-corrected chi connectivity index (χ0v) is 67.6. The number of hydrogen-bond donors (Lipinski definition) is 20. The number of likely N-dealkylation sites (N-methyl/N-ethyl adjacent to an activating group) is 1. The molecule has 0 radical (unpaired) electrons. The van der Waals surface area contributed by atoms with Crippen molar-refractivity contribution in [1.82, 2.24) is 52.1 Å². The molecule has 2 saturated heterocycles. The molecule has 7 aromatic rings. The molecule has 11 bridgehead atoms. The molecular weight excluding hydrogens is 1660 g/mol. The van der Waals surface area contributed by atoms with Crippen LogP contribution in [0.5, 0.6) is 46.0 Å². The van der Waals surface area contributed by atoms with Gasteiger partial charge in [-0.25, -0.2) is 9.59 Å². The molecule has 41 heteroatoms. The average Bonchev–Trinajstić information content (AvgIpc) is 0.763. The highest BCUT2D eigenvalue weighted by molar-refractivity contribution is 6.32. The summed E-state index contributed by atoms with van der Waals surface area (Å²) in [7, 11) is 1.46. The van der Waals surface area contributed by atoms with Crippen LogP contribution in [0.25, 0.3) is 17.2 Å². The number of carbonyl (C=O) groups excluding carboxylic acids is 8. The molecule has 0 saturated carbocycles. The van der Waals surface area contributed by atoms with E-state index in [1.807, 2.05) is 13.8 Å². The van der Waals surface area contributed by atoms with Crippen molar-refractivity contribution in [2.24, 2.45) is 11.7 Å². The predicted molar refractivity (Wildman–Crippen MR) is 431 cm³/mol. The quantitative estimate of drug-likeness (QED) is 0.0487. The van der Waals surface area contributed by atoms with E-state index in [1.54, 1.807) is 31.2 Å². The topological polar surface area (TPSA) is 580 Å². The van der Waals surface area contributed by atoms with Crippen LogP contribution in [0.15, 0.2) is 126 Å². The minimum absolute atomic E-state index is 0.0355. The van der Waals surface area contributed by atoms with Crippen LogP contribution in [0.3, 0.4) is 0 Å². The molecule has 3 unspecified atom stereocenters. The maximum Gasteiger partial charge on any atom is 0.349 e. The molecule has 0 aliphatic carbocycles. The molecule has 14 rings (SSSR count). The van der Waals surface area contributed by atoms with E-state index >= 15 is 14.4 Å². The van der Waals surface area contributed by atoms with E-state index in [-0.39, 0.29) is 60.1 Å². The van der Waals surface area contributed by atoms with Gasteiger partial charge in [0, 0.05) is 65.1 Å². The van der Waals surface area contributed by atoms with Gasteiger partial charge in [0.05, 0.1) is 41.3 Å². The fraction of sp³-hybridized carbons (Fsp3) is 0.370. The van der Waals surface area contributed by atoms with E-state index in [2.05, 4.69) is 52.8 Å². The van der Waals surface area contributed by atoms with E-state index < -0.39 is 254 Å². The van der Waals surface area contributed by atoms with Gasteiger partial charge in [-0.15, -0.1) is 0 Å². The average molecular weight is 1750 g/mol. The number of nitrogens with two attached hydrogens (primary N) is 1. The number of benzene rings is 6. The molecule has 2 fully saturated rings. The summed E-state index contributed by atoms with van der Waals surface area (Å²) in [4.78, 5) is 148. The number of phenols is 3. The van der Waals surface area contributed by atoms with E-state index in [4.69, 9.17) is 69.0 Å². The Bertz CT molecular complexity index is 5300. The van der Waals surface area contributed by atoms with Crippen LogP contribution in [0, 0.1) is 5.92 Å².